The van der Waals surface area contributed by atoms with Crippen molar-refractivity contribution in [1.82, 2.24) is 5.43 Å². The molecule has 2 N–H and O–H groups in total. The fourth-order valence-electron chi connectivity index (χ4n) is 1.99. The smallest absolute Gasteiger partial charge is 0.259 e. The number of nitrogens with zero attached hydrogens (tertiary/aromatic N) is 1. The molecule has 2 aromatic carbocycles. The molecule has 0 aliphatic heterocycles. The standard InChI is InChI=1S/C18H21N3O3/c1-13-4-7-15(8-5-13)19-12-18(22)21-20-11-14-6-9-16(23-2)10-17(14)24-3/h4-11,19H,12H2,1-3H3,(H,21,22)/b20-11-. The number of hydrazone groups is 1. The third kappa shape index (κ3) is 5.01. The molecular formula is C18H21N3O3. The number of aryl methyl sites for hydroxylation is 1. The Kier molecular flexibility index (Phi) is 6.19. The third-order valence-corrected chi connectivity index (χ3v) is 3.34. The zero-order valence-electron chi connectivity index (χ0n) is 14.0. The Morgan fingerprint density at radius 1 is 1.12 bits per heavy atom. The first-order chi connectivity index (χ1) is 11.6. The van der Waals surface area contributed by atoms with E-state index in [-0.39, 0.29) is 12.5 Å². The van der Waals surface area contributed by atoms with Crippen LogP contribution in [0.4, 0.5) is 5.69 Å². The van der Waals surface area contributed by atoms with Crippen LogP contribution in [0, 0.1) is 6.92 Å². The minimum atomic E-state index is -0.237. The minimum absolute atomic E-state index is 0.139. The molecule has 0 fully saturated rings. The molecule has 6 nitrogen and oxygen atoms in total. The Labute approximate surface area is 141 Å². The zero-order chi connectivity index (χ0) is 17.4. The van der Waals surface area contributed by atoms with Crippen molar-refractivity contribution in [2.75, 3.05) is 26.1 Å². The molecule has 24 heavy (non-hydrogen) atoms. The number of anilines is 1. The highest BCUT2D eigenvalue weighted by atomic mass is 16.5. The van der Waals surface area contributed by atoms with Crippen LogP contribution in [-0.2, 0) is 4.79 Å². The van der Waals surface area contributed by atoms with Gasteiger partial charge in [-0.15, -0.1) is 0 Å². The van der Waals surface area contributed by atoms with Crippen molar-refractivity contribution < 1.29 is 14.3 Å². The van der Waals surface area contributed by atoms with Crippen molar-refractivity contribution in [1.29, 1.82) is 0 Å². The van der Waals surface area contributed by atoms with E-state index >= 15 is 0 Å². The molecule has 0 saturated carbocycles. The highest BCUT2D eigenvalue weighted by Crippen LogP contribution is 2.22. The second kappa shape index (κ2) is 8.57. The van der Waals surface area contributed by atoms with Gasteiger partial charge >= 0.3 is 0 Å². The number of amides is 1. The molecule has 2 rings (SSSR count). The lowest BCUT2D eigenvalue weighted by molar-refractivity contribution is -0.119. The monoisotopic (exact) mass is 327 g/mol. The average molecular weight is 327 g/mol. The third-order valence-electron chi connectivity index (χ3n) is 3.34. The van der Waals surface area contributed by atoms with Gasteiger partial charge < -0.3 is 14.8 Å². The molecule has 1 amide bonds. The second-order valence-corrected chi connectivity index (χ2v) is 5.12. The van der Waals surface area contributed by atoms with Crippen molar-refractivity contribution in [3.63, 3.8) is 0 Å². The number of ether oxygens (including phenoxy) is 2. The van der Waals surface area contributed by atoms with Crippen molar-refractivity contribution in [3.8, 4) is 11.5 Å². The first-order valence-corrected chi connectivity index (χ1v) is 7.47. The van der Waals surface area contributed by atoms with Crippen molar-refractivity contribution in [3.05, 3.63) is 53.6 Å². The summed E-state index contributed by atoms with van der Waals surface area (Å²) in [7, 11) is 3.15. The Bertz CT molecular complexity index is 712. The molecule has 0 heterocycles. The first-order valence-electron chi connectivity index (χ1n) is 7.47. The van der Waals surface area contributed by atoms with Gasteiger partial charge in [0.05, 0.1) is 27.0 Å². The normalized spacial score (nSPS) is 10.5. The SMILES string of the molecule is COc1ccc(/C=N\NC(=O)CNc2ccc(C)cc2)c(OC)c1. The van der Waals surface area contributed by atoms with Gasteiger partial charge in [-0.25, -0.2) is 5.43 Å². The Morgan fingerprint density at radius 2 is 1.88 bits per heavy atom. The van der Waals surface area contributed by atoms with E-state index in [9.17, 15) is 4.79 Å². The van der Waals surface area contributed by atoms with Gasteiger partial charge in [0, 0.05) is 17.3 Å². The zero-order valence-corrected chi connectivity index (χ0v) is 14.0. The van der Waals surface area contributed by atoms with Gasteiger partial charge in [0.1, 0.15) is 11.5 Å². The molecular weight excluding hydrogens is 306 g/mol. The molecule has 0 unspecified atom stereocenters. The molecule has 0 spiro atoms. The molecule has 0 bridgehead atoms. The number of rotatable bonds is 7. The summed E-state index contributed by atoms with van der Waals surface area (Å²) in [6, 6.07) is 13.2. The lowest BCUT2D eigenvalue weighted by Gasteiger charge is -2.07. The van der Waals surface area contributed by atoms with E-state index in [1.54, 1.807) is 32.4 Å². The maximum absolute atomic E-state index is 11.8. The van der Waals surface area contributed by atoms with Crippen LogP contribution in [0.15, 0.2) is 47.6 Å². The van der Waals surface area contributed by atoms with Gasteiger partial charge in [0.25, 0.3) is 5.91 Å². The Morgan fingerprint density at radius 3 is 2.54 bits per heavy atom. The van der Waals surface area contributed by atoms with E-state index in [1.165, 1.54) is 11.8 Å². The molecule has 0 atom stereocenters. The molecule has 0 aromatic heterocycles. The quantitative estimate of drug-likeness (QED) is 0.606. The van der Waals surface area contributed by atoms with Gasteiger partial charge in [-0.3, -0.25) is 4.79 Å². The van der Waals surface area contributed by atoms with E-state index in [0.29, 0.717) is 11.5 Å². The van der Waals surface area contributed by atoms with Crippen LogP contribution in [0.1, 0.15) is 11.1 Å². The number of hydrogen-bond donors (Lipinski definition) is 2. The maximum Gasteiger partial charge on any atom is 0.259 e. The van der Waals surface area contributed by atoms with Crippen LogP contribution in [0.5, 0.6) is 11.5 Å². The summed E-state index contributed by atoms with van der Waals surface area (Å²) in [5, 5.41) is 6.98. The number of nitrogens with one attached hydrogen (secondary N) is 2. The minimum Gasteiger partial charge on any atom is -0.497 e. The fraction of sp³-hybridized carbons (Fsp3) is 0.222. The topological polar surface area (TPSA) is 72.0 Å². The number of methoxy groups -OCH3 is 2. The predicted octanol–water partition coefficient (Wildman–Crippen LogP) is 2.57. The number of carbonyl (C=O) groups excluding carboxylic acids is 1. The maximum atomic E-state index is 11.8. The van der Waals surface area contributed by atoms with E-state index in [1.807, 2.05) is 31.2 Å². The molecule has 0 radical (unpaired) electrons. The summed E-state index contributed by atoms with van der Waals surface area (Å²) < 4.78 is 10.4. The van der Waals surface area contributed by atoms with Crippen LogP contribution >= 0.6 is 0 Å². The number of carbonyl (C=O) groups is 1. The summed E-state index contributed by atoms with van der Waals surface area (Å²) in [5.74, 6) is 1.07. The molecule has 126 valence electrons. The molecule has 0 aliphatic rings. The largest absolute Gasteiger partial charge is 0.497 e. The molecule has 2 aromatic rings. The highest BCUT2D eigenvalue weighted by Gasteiger charge is 2.03. The van der Waals surface area contributed by atoms with Crippen LogP contribution in [0.25, 0.3) is 0 Å². The molecule has 0 saturated heterocycles. The summed E-state index contributed by atoms with van der Waals surface area (Å²) in [6.07, 6.45) is 1.53. The van der Waals surface area contributed by atoms with Crippen LogP contribution in [-0.4, -0.2) is 32.9 Å². The summed E-state index contributed by atoms with van der Waals surface area (Å²) >= 11 is 0. The molecule has 6 heteroatoms. The van der Waals surface area contributed by atoms with E-state index < -0.39 is 0 Å². The van der Waals surface area contributed by atoms with Gasteiger partial charge in [-0.2, -0.15) is 5.10 Å². The van der Waals surface area contributed by atoms with Crippen LogP contribution in [0.3, 0.4) is 0 Å². The fourth-order valence-corrected chi connectivity index (χ4v) is 1.99. The average Bonchev–Trinajstić information content (AvgIpc) is 2.61. The van der Waals surface area contributed by atoms with Gasteiger partial charge in [-0.1, -0.05) is 17.7 Å². The van der Waals surface area contributed by atoms with Gasteiger partial charge in [-0.05, 0) is 31.2 Å². The summed E-state index contributed by atoms with van der Waals surface area (Å²) in [6.45, 7) is 2.15. The summed E-state index contributed by atoms with van der Waals surface area (Å²) in [4.78, 5) is 11.8. The first kappa shape index (κ1) is 17.3. The lowest BCUT2D eigenvalue weighted by Crippen LogP contribution is -2.25. The highest BCUT2D eigenvalue weighted by molar-refractivity contribution is 5.86. The van der Waals surface area contributed by atoms with Crippen molar-refractivity contribution in [2.24, 2.45) is 5.10 Å². The molecule has 0 aliphatic carbocycles. The Hall–Kier alpha value is -3.02. The Balaban J connectivity index is 1.86. The van der Waals surface area contributed by atoms with Crippen molar-refractivity contribution >= 4 is 17.8 Å². The van der Waals surface area contributed by atoms with Gasteiger partial charge in [0.15, 0.2) is 0 Å². The van der Waals surface area contributed by atoms with Crippen LogP contribution in [0.2, 0.25) is 0 Å². The van der Waals surface area contributed by atoms with E-state index in [0.717, 1.165) is 11.3 Å². The number of hydrogen-bond acceptors (Lipinski definition) is 5. The second-order valence-electron chi connectivity index (χ2n) is 5.12. The summed E-state index contributed by atoms with van der Waals surface area (Å²) in [5.41, 5.74) is 5.27. The lowest BCUT2D eigenvalue weighted by atomic mass is 10.2. The van der Waals surface area contributed by atoms with Gasteiger partial charge in [0.2, 0.25) is 0 Å². The van der Waals surface area contributed by atoms with Crippen molar-refractivity contribution in [2.45, 2.75) is 6.92 Å². The van der Waals surface area contributed by atoms with E-state index in [2.05, 4.69) is 15.8 Å². The van der Waals surface area contributed by atoms with E-state index in [4.69, 9.17) is 9.47 Å². The van der Waals surface area contributed by atoms with Crippen LogP contribution < -0.4 is 20.2 Å². The number of benzene rings is 2. The predicted molar refractivity (Wildman–Crippen MR) is 95.0 cm³/mol.